The lowest BCUT2D eigenvalue weighted by Gasteiger charge is -2.17. The lowest BCUT2D eigenvalue weighted by Crippen LogP contribution is -2.30. The lowest BCUT2D eigenvalue weighted by molar-refractivity contribution is -0.133. The standard InChI is InChI=1S/C23H20FNO4/c1-25(15-17-8-7-9-18(24)14-17)22(26)16-28-23(27)20-12-5-6-13-21(20)29-19-10-3-2-4-11-19/h2-14H,15-16H2,1H3. The number of amides is 1. The number of nitrogens with zero attached hydrogens (tertiary/aromatic N) is 1. The van der Waals surface area contributed by atoms with Crippen LogP contribution in [0.25, 0.3) is 0 Å². The molecule has 0 N–H and O–H groups in total. The van der Waals surface area contributed by atoms with Gasteiger partial charge in [0.1, 0.15) is 22.9 Å². The SMILES string of the molecule is CN(Cc1cccc(F)c1)C(=O)COC(=O)c1ccccc1Oc1ccccc1. The molecule has 0 aliphatic carbocycles. The second-order valence-electron chi connectivity index (χ2n) is 6.37. The third-order valence-corrected chi connectivity index (χ3v) is 4.14. The zero-order chi connectivity index (χ0) is 20.6. The molecule has 0 fully saturated rings. The molecular weight excluding hydrogens is 373 g/mol. The van der Waals surface area contributed by atoms with Gasteiger partial charge in [-0.1, -0.05) is 42.5 Å². The van der Waals surface area contributed by atoms with E-state index in [1.54, 1.807) is 55.6 Å². The molecule has 29 heavy (non-hydrogen) atoms. The molecule has 0 heterocycles. The van der Waals surface area contributed by atoms with Gasteiger partial charge >= 0.3 is 5.97 Å². The van der Waals surface area contributed by atoms with Crippen molar-refractivity contribution in [2.24, 2.45) is 0 Å². The number of carbonyl (C=O) groups is 2. The molecule has 0 atom stereocenters. The maximum Gasteiger partial charge on any atom is 0.342 e. The van der Waals surface area contributed by atoms with Crippen LogP contribution < -0.4 is 4.74 Å². The molecule has 3 rings (SSSR count). The van der Waals surface area contributed by atoms with Gasteiger partial charge in [0, 0.05) is 13.6 Å². The van der Waals surface area contributed by atoms with Crippen molar-refractivity contribution in [3.8, 4) is 11.5 Å². The van der Waals surface area contributed by atoms with E-state index in [9.17, 15) is 14.0 Å². The minimum absolute atomic E-state index is 0.210. The third kappa shape index (κ3) is 5.65. The van der Waals surface area contributed by atoms with Crippen LogP contribution in [0.4, 0.5) is 4.39 Å². The molecule has 5 nitrogen and oxygen atoms in total. The summed E-state index contributed by atoms with van der Waals surface area (Å²) < 4.78 is 24.2. The Labute approximate surface area is 168 Å². The summed E-state index contributed by atoms with van der Waals surface area (Å²) in [6.07, 6.45) is 0. The second-order valence-corrected chi connectivity index (χ2v) is 6.37. The molecule has 148 valence electrons. The number of rotatable bonds is 7. The Morgan fingerprint density at radius 1 is 0.931 bits per heavy atom. The summed E-state index contributed by atoms with van der Waals surface area (Å²) in [5.41, 5.74) is 0.866. The van der Waals surface area contributed by atoms with Gasteiger partial charge in [-0.2, -0.15) is 0 Å². The number of benzene rings is 3. The van der Waals surface area contributed by atoms with Crippen molar-refractivity contribution in [2.75, 3.05) is 13.7 Å². The van der Waals surface area contributed by atoms with Gasteiger partial charge in [0.25, 0.3) is 5.91 Å². The molecule has 0 aliphatic heterocycles. The summed E-state index contributed by atoms with van der Waals surface area (Å²) in [6.45, 7) is -0.216. The fourth-order valence-corrected chi connectivity index (χ4v) is 2.65. The topological polar surface area (TPSA) is 55.8 Å². The maximum absolute atomic E-state index is 13.3. The molecule has 3 aromatic carbocycles. The van der Waals surface area contributed by atoms with Crippen molar-refractivity contribution >= 4 is 11.9 Å². The molecule has 0 unspecified atom stereocenters. The normalized spacial score (nSPS) is 10.3. The monoisotopic (exact) mass is 393 g/mol. The minimum atomic E-state index is -0.663. The number of halogens is 1. The number of para-hydroxylation sites is 2. The van der Waals surface area contributed by atoms with Crippen LogP contribution in [-0.4, -0.2) is 30.4 Å². The van der Waals surface area contributed by atoms with Gasteiger partial charge < -0.3 is 14.4 Å². The summed E-state index contributed by atoms with van der Waals surface area (Å²) in [5, 5.41) is 0. The van der Waals surface area contributed by atoms with Crippen LogP contribution in [0.5, 0.6) is 11.5 Å². The quantitative estimate of drug-likeness (QED) is 0.557. The van der Waals surface area contributed by atoms with Crippen molar-refractivity contribution in [2.45, 2.75) is 6.54 Å². The Kier molecular flexibility index (Phi) is 6.58. The Morgan fingerprint density at radius 3 is 2.41 bits per heavy atom. The van der Waals surface area contributed by atoms with Gasteiger partial charge in [0.2, 0.25) is 0 Å². The van der Waals surface area contributed by atoms with Crippen LogP contribution in [0, 0.1) is 5.82 Å². The van der Waals surface area contributed by atoms with E-state index in [0.29, 0.717) is 17.1 Å². The first-order valence-corrected chi connectivity index (χ1v) is 9.00. The van der Waals surface area contributed by atoms with Gasteiger partial charge in [0.05, 0.1) is 0 Å². The van der Waals surface area contributed by atoms with E-state index in [1.165, 1.54) is 17.0 Å². The van der Waals surface area contributed by atoms with Crippen LogP contribution in [0.3, 0.4) is 0 Å². The fraction of sp³-hybridized carbons (Fsp3) is 0.130. The van der Waals surface area contributed by atoms with E-state index in [0.717, 1.165) is 0 Å². The minimum Gasteiger partial charge on any atom is -0.456 e. The predicted molar refractivity (Wildman–Crippen MR) is 106 cm³/mol. The molecule has 3 aromatic rings. The highest BCUT2D eigenvalue weighted by Crippen LogP contribution is 2.25. The molecule has 0 aromatic heterocycles. The second kappa shape index (κ2) is 9.50. The number of carbonyl (C=O) groups excluding carboxylic acids is 2. The van der Waals surface area contributed by atoms with E-state index in [2.05, 4.69) is 0 Å². The first-order valence-electron chi connectivity index (χ1n) is 9.00. The van der Waals surface area contributed by atoms with Crippen molar-refractivity contribution in [3.05, 3.63) is 95.8 Å². The van der Waals surface area contributed by atoms with Crippen LogP contribution in [0.1, 0.15) is 15.9 Å². The highest BCUT2D eigenvalue weighted by atomic mass is 19.1. The van der Waals surface area contributed by atoms with E-state index < -0.39 is 18.5 Å². The molecule has 0 aliphatic rings. The number of hydrogen-bond donors (Lipinski definition) is 0. The van der Waals surface area contributed by atoms with E-state index in [1.807, 2.05) is 18.2 Å². The van der Waals surface area contributed by atoms with Crippen LogP contribution in [-0.2, 0) is 16.1 Å². The van der Waals surface area contributed by atoms with E-state index >= 15 is 0 Å². The number of ether oxygens (including phenoxy) is 2. The fourth-order valence-electron chi connectivity index (χ4n) is 2.65. The largest absolute Gasteiger partial charge is 0.456 e. The van der Waals surface area contributed by atoms with Gasteiger partial charge in [0.15, 0.2) is 6.61 Å². The van der Waals surface area contributed by atoms with Crippen molar-refractivity contribution in [3.63, 3.8) is 0 Å². The van der Waals surface area contributed by atoms with Gasteiger partial charge in [-0.3, -0.25) is 4.79 Å². The molecule has 0 spiro atoms. The summed E-state index contributed by atoms with van der Waals surface area (Å²) >= 11 is 0. The van der Waals surface area contributed by atoms with Crippen LogP contribution >= 0.6 is 0 Å². The summed E-state index contributed by atoms with van der Waals surface area (Å²) in [4.78, 5) is 26.1. The van der Waals surface area contributed by atoms with E-state index in [-0.39, 0.29) is 17.9 Å². The van der Waals surface area contributed by atoms with Crippen molar-refractivity contribution in [1.82, 2.24) is 4.90 Å². The first-order chi connectivity index (χ1) is 14.0. The Balaban J connectivity index is 1.59. The van der Waals surface area contributed by atoms with Crippen molar-refractivity contribution in [1.29, 1.82) is 0 Å². The molecule has 0 radical (unpaired) electrons. The first kappa shape index (κ1) is 20.1. The lowest BCUT2D eigenvalue weighted by atomic mass is 10.2. The van der Waals surface area contributed by atoms with E-state index in [4.69, 9.17) is 9.47 Å². The maximum atomic E-state index is 13.3. The van der Waals surface area contributed by atoms with Crippen LogP contribution in [0.15, 0.2) is 78.9 Å². The number of esters is 1. The summed E-state index contributed by atoms with van der Waals surface area (Å²) in [5.74, 6) is -0.513. The van der Waals surface area contributed by atoms with Gasteiger partial charge in [-0.05, 0) is 42.0 Å². The summed E-state index contributed by atoms with van der Waals surface area (Å²) in [6, 6.07) is 21.7. The molecule has 0 saturated carbocycles. The Bertz CT molecular complexity index is 991. The van der Waals surface area contributed by atoms with Crippen molar-refractivity contribution < 1.29 is 23.5 Å². The number of likely N-dealkylation sites (N-methyl/N-ethyl adjacent to an activating group) is 1. The van der Waals surface area contributed by atoms with Gasteiger partial charge in [-0.25, -0.2) is 9.18 Å². The smallest absolute Gasteiger partial charge is 0.342 e. The molecule has 1 amide bonds. The Morgan fingerprint density at radius 2 is 1.66 bits per heavy atom. The Hall–Kier alpha value is -3.67. The molecule has 0 bridgehead atoms. The molecule has 0 saturated heterocycles. The average molecular weight is 393 g/mol. The number of hydrogen-bond acceptors (Lipinski definition) is 4. The summed E-state index contributed by atoms with van der Waals surface area (Å²) in [7, 11) is 1.56. The zero-order valence-corrected chi connectivity index (χ0v) is 15.9. The zero-order valence-electron chi connectivity index (χ0n) is 15.9. The predicted octanol–water partition coefficient (Wildman–Crippen LogP) is 4.43. The molecular formula is C23H20FNO4. The highest BCUT2D eigenvalue weighted by molar-refractivity contribution is 5.94. The highest BCUT2D eigenvalue weighted by Gasteiger charge is 2.17. The third-order valence-electron chi connectivity index (χ3n) is 4.14. The van der Waals surface area contributed by atoms with Crippen LogP contribution in [0.2, 0.25) is 0 Å². The molecule has 6 heteroatoms. The van der Waals surface area contributed by atoms with Gasteiger partial charge in [-0.15, -0.1) is 0 Å². The average Bonchev–Trinajstić information content (AvgIpc) is 2.73.